The van der Waals surface area contributed by atoms with Crippen molar-refractivity contribution in [2.24, 2.45) is 0 Å². The Kier molecular flexibility index (Phi) is 4.64. The second-order valence-corrected chi connectivity index (χ2v) is 7.26. The Hall–Kier alpha value is -0.950. The van der Waals surface area contributed by atoms with Gasteiger partial charge in [-0.05, 0) is 20.3 Å². The minimum atomic E-state index is -3.30. The van der Waals surface area contributed by atoms with Gasteiger partial charge < -0.3 is 5.32 Å². The van der Waals surface area contributed by atoms with Crippen LogP contribution < -0.4 is 5.32 Å². The van der Waals surface area contributed by atoms with Crippen molar-refractivity contribution in [1.29, 1.82) is 0 Å². The largest absolute Gasteiger partial charge is 0.356 e. The molecule has 1 aromatic heterocycles. The molecule has 0 aliphatic rings. The maximum Gasteiger partial charge on any atom is 0.216 e. The SMILES string of the molecule is CC(=O)NCCCS(=O)(=O)c1nc(C)c(C)s1. The van der Waals surface area contributed by atoms with E-state index in [1.165, 1.54) is 18.3 Å². The van der Waals surface area contributed by atoms with Crippen molar-refractivity contribution >= 4 is 27.1 Å². The predicted octanol–water partition coefficient (Wildman–Crippen LogP) is 1.06. The van der Waals surface area contributed by atoms with E-state index in [1.54, 1.807) is 6.92 Å². The van der Waals surface area contributed by atoms with E-state index in [0.717, 1.165) is 10.6 Å². The first-order valence-electron chi connectivity index (χ1n) is 5.24. The maximum atomic E-state index is 11.9. The molecule has 96 valence electrons. The van der Waals surface area contributed by atoms with E-state index in [0.29, 0.717) is 13.0 Å². The second kappa shape index (κ2) is 5.59. The van der Waals surface area contributed by atoms with Crippen LogP contribution in [-0.2, 0) is 14.6 Å². The molecule has 0 saturated heterocycles. The van der Waals surface area contributed by atoms with E-state index in [-0.39, 0.29) is 16.0 Å². The van der Waals surface area contributed by atoms with Crippen LogP contribution in [0.5, 0.6) is 0 Å². The van der Waals surface area contributed by atoms with E-state index in [9.17, 15) is 13.2 Å². The summed E-state index contributed by atoms with van der Waals surface area (Å²) in [6, 6.07) is 0. The van der Waals surface area contributed by atoms with Crippen molar-refractivity contribution in [3.05, 3.63) is 10.6 Å². The molecule has 0 bridgehead atoms. The highest BCUT2D eigenvalue weighted by atomic mass is 32.2. The lowest BCUT2D eigenvalue weighted by Crippen LogP contribution is -2.23. The lowest BCUT2D eigenvalue weighted by Gasteiger charge is -2.01. The maximum absolute atomic E-state index is 11.9. The molecule has 1 heterocycles. The minimum absolute atomic E-state index is 0.0136. The van der Waals surface area contributed by atoms with Crippen LogP contribution in [0.2, 0.25) is 0 Å². The molecule has 0 saturated carbocycles. The van der Waals surface area contributed by atoms with Gasteiger partial charge in [0.2, 0.25) is 20.1 Å². The average molecular weight is 276 g/mol. The minimum Gasteiger partial charge on any atom is -0.356 e. The Bertz CT molecular complexity index is 486. The Morgan fingerprint density at radius 3 is 2.53 bits per heavy atom. The van der Waals surface area contributed by atoms with Gasteiger partial charge in [0.05, 0.1) is 11.4 Å². The van der Waals surface area contributed by atoms with Crippen molar-refractivity contribution < 1.29 is 13.2 Å². The zero-order valence-corrected chi connectivity index (χ0v) is 11.7. The Labute approximate surface area is 105 Å². The number of hydrogen-bond acceptors (Lipinski definition) is 5. The van der Waals surface area contributed by atoms with Crippen LogP contribution in [0, 0.1) is 13.8 Å². The van der Waals surface area contributed by atoms with E-state index in [2.05, 4.69) is 10.3 Å². The molecule has 0 atom stereocenters. The fourth-order valence-electron chi connectivity index (χ4n) is 1.19. The third-order valence-electron chi connectivity index (χ3n) is 2.24. The van der Waals surface area contributed by atoms with Crippen molar-refractivity contribution in [1.82, 2.24) is 10.3 Å². The highest BCUT2D eigenvalue weighted by Gasteiger charge is 2.19. The van der Waals surface area contributed by atoms with Gasteiger partial charge in [-0.3, -0.25) is 4.79 Å². The molecule has 1 amide bonds. The summed E-state index contributed by atoms with van der Waals surface area (Å²) in [6.45, 7) is 5.42. The van der Waals surface area contributed by atoms with Crippen LogP contribution in [0.4, 0.5) is 0 Å². The number of hydrogen-bond donors (Lipinski definition) is 1. The first-order valence-corrected chi connectivity index (χ1v) is 7.71. The topological polar surface area (TPSA) is 76.1 Å². The molecule has 0 spiro atoms. The van der Waals surface area contributed by atoms with Gasteiger partial charge in [0.1, 0.15) is 0 Å². The molecule has 17 heavy (non-hydrogen) atoms. The molecule has 1 rings (SSSR count). The van der Waals surface area contributed by atoms with E-state index in [4.69, 9.17) is 0 Å². The van der Waals surface area contributed by atoms with Gasteiger partial charge in [0.15, 0.2) is 0 Å². The number of rotatable bonds is 5. The van der Waals surface area contributed by atoms with Crippen molar-refractivity contribution in [3.8, 4) is 0 Å². The smallest absolute Gasteiger partial charge is 0.216 e. The number of nitrogens with one attached hydrogen (secondary N) is 1. The Morgan fingerprint density at radius 1 is 1.41 bits per heavy atom. The normalized spacial score (nSPS) is 11.5. The number of amides is 1. The molecular weight excluding hydrogens is 260 g/mol. The molecular formula is C10H16N2O3S2. The number of carbonyl (C=O) groups is 1. The van der Waals surface area contributed by atoms with E-state index >= 15 is 0 Å². The van der Waals surface area contributed by atoms with Crippen LogP contribution in [0.25, 0.3) is 0 Å². The average Bonchev–Trinajstić information content (AvgIpc) is 2.55. The summed E-state index contributed by atoms with van der Waals surface area (Å²) in [5.74, 6) is -0.136. The van der Waals surface area contributed by atoms with Gasteiger partial charge in [0, 0.05) is 18.3 Å². The van der Waals surface area contributed by atoms with Crippen molar-refractivity contribution in [2.45, 2.75) is 31.5 Å². The fourth-order valence-corrected chi connectivity index (χ4v) is 3.94. The molecule has 0 unspecified atom stereocenters. The summed E-state index contributed by atoms with van der Waals surface area (Å²) in [5.41, 5.74) is 0.760. The van der Waals surface area contributed by atoms with Crippen LogP contribution in [0.3, 0.4) is 0 Å². The third kappa shape index (κ3) is 4.08. The van der Waals surface area contributed by atoms with Crippen molar-refractivity contribution in [3.63, 3.8) is 0 Å². The number of nitrogens with zero attached hydrogens (tertiary/aromatic N) is 1. The first-order chi connectivity index (χ1) is 7.83. The molecule has 1 N–H and O–H groups in total. The van der Waals surface area contributed by atoms with Gasteiger partial charge in [-0.2, -0.15) is 0 Å². The Morgan fingerprint density at radius 2 is 2.06 bits per heavy atom. The molecule has 0 radical (unpaired) electrons. The van der Waals surface area contributed by atoms with Gasteiger partial charge in [-0.1, -0.05) is 0 Å². The number of thiazole rings is 1. The number of aryl methyl sites for hydroxylation is 2. The second-order valence-electron chi connectivity index (χ2n) is 3.78. The number of carbonyl (C=O) groups excluding carboxylic acids is 1. The van der Waals surface area contributed by atoms with Gasteiger partial charge in [-0.25, -0.2) is 13.4 Å². The molecule has 0 fully saturated rings. The summed E-state index contributed by atoms with van der Waals surface area (Å²) < 4.78 is 23.9. The molecule has 5 nitrogen and oxygen atoms in total. The molecule has 0 aromatic carbocycles. The Balaban J connectivity index is 2.60. The summed E-state index contributed by atoms with van der Waals surface area (Å²) in [6.07, 6.45) is 0.402. The summed E-state index contributed by atoms with van der Waals surface area (Å²) >= 11 is 1.20. The zero-order valence-electron chi connectivity index (χ0n) is 10.1. The van der Waals surface area contributed by atoms with Crippen LogP contribution in [0.15, 0.2) is 4.34 Å². The van der Waals surface area contributed by atoms with Crippen LogP contribution in [-0.4, -0.2) is 31.6 Å². The molecule has 0 aliphatic carbocycles. The van der Waals surface area contributed by atoms with Crippen LogP contribution >= 0.6 is 11.3 Å². The third-order valence-corrected chi connectivity index (χ3v) is 5.57. The number of sulfone groups is 1. The zero-order chi connectivity index (χ0) is 13.1. The summed E-state index contributed by atoms with van der Waals surface area (Å²) in [4.78, 5) is 15.6. The fraction of sp³-hybridized carbons (Fsp3) is 0.600. The van der Waals surface area contributed by atoms with Crippen LogP contribution in [0.1, 0.15) is 23.9 Å². The van der Waals surface area contributed by atoms with Gasteiger partial charge in [0.25, 0.3) is 0 Å². The van der Waals surface area contributed by atoms with E-state index < -0.39 is 9.84 Å². The highest BCUT2D eigenvalue weighted by molar-refractivity contribution is 7.93. The van der Waals surface area contributed by atoms with Gasteiger partial charge in [-0.15, -0.1) is 11.3 Å². The monoisotopic (exact) mass is 276 g/mol. The molecule has 7 heteroatoms. The highest BCUT2D eigenvalue weighted by Crippen LogP contribution is 2.22. The van der Waals surface area contributed by atoms with Gasteiger partial charge >= 0.3 is 0 Å². The molecule has 1 aromatic rings. The molecule has 0 aliphatic heterocycles. The van der Waals surface area contributed by atoms with Crippen molar-refractivity contribution in [2.75, 3.05) is 12.3 Å². The lowest BCUT2D eigenvalue weighted by atomic mass is 10.4. The predicted molar refractivity (Wildman–Crippen MR) is 66.9 cm³/mol. The number of aromatic nitrogens is 1. The first kappa shape index (κ1) is 14.1. The van der Waals surface area contributed by atoms with E-state index in [1.807, 2.05) is 6.92 Å². The summed E-state index contributed by atoms with van der Waals surface area (Å²) in [5, 5.41) is 2.57. The quantitative estimate of drug-likeness (QED) is 0.816. The summed E-state index contributed by atoms with van der Waals surface area (Å²) in [7, 11) is -3.30. The lowest BCUT2D eigenvalue weighted by molar-refractivity contribution is -0.118. The standard InChI is InChI=1S/C10H16N2O3S2/c1-7-8(2)16-10(12-7)17(14,15)6-4-5-11-9(3)13/h4-6H2,1-3H3,(H,11,13).